The highest BCUT2D eigenvalue weighted by molar-refractivity contribution is 6.30. The Hall–Kier alpha value is -3.33. The molecule has 0 spiro atoms. The van der Waals surface area contributed by atoms with Crippen molar-refractivity contribution in [3.8, 4) is 28.7 Å². The quantitative estimate of drug-likeness (QED) is 0.303. The summed E-state index contributed by atoms with van der Waals surface area (Å²) in [6.45, 7) is 5.54. The zero-order valence-corrected chi connectivity index (χ0v) is 21.6. The number of nitrogens with zero attached hydrogens (tertiary/aromatic N) is 2. The van der Waals surface area contributed by atoms with Crippen LogP contribution in [0.1, 0.15) is 36.1 Å². The van der Waals surface area contributed by atoms with Crippen LogP contribution < -0.4 is 4.74 Å². The van der Waals surface area contributed by atoms with E-state index in [0.717, 1.165) is 71.2 Å². The van der Waals surface area contributed by atoms with Gasteiger partial charge in [0, 0.05) is 35.3 Å². The summed E-state index contributed by atoms with van der Waals surface area (Å²) in [6, 6.07) is 17.7. The highest BCUT2D eigenvalue weighted by atomic mass is 35.5. The zero-order valence-electron chi connectivity index (χ0n) is 20.8. The van der Waals surface area contributed by atoms with E-state index in [1.54, 1.807) is 0 Å². The number of hydrogen-bond donors (Lipinski definition) is 0. The van der Waals surface area contributed by atoms with E-state index in [2.05, 4.69) is 21.7 Å². The van der Waals surface area contributed by atoms with Gasteiger partial charge in [-0.05, 0) is 92.2 Å². The van der Waals surface area contributed by atoms with Crippen LogP contribution in [0.3, 0.4) is 0 Å². The smallest absolute Gasteiger partial charge is 0.305 e. The Kier molecular flexibility index (Phi) is 9.00. The number of ether oxygens (including phenoxy) is 2. The van der Waals surface area contributed by atoms with E-state index < -0.39 is 0 Å². The molecule has 0 saturated carbocycles. The first-order chi connectivity index (χ1) is 17.5. The van der Waals surface area contributed by atoms with Crippen molar-refractivity contribution in [2.24, 2.45) is 5.92 Å². The first-order valence-electron chi connectivity index (χ1n) is 12.3. The first-order valence-corrected chi connectivity index (χ1v) is 12.6. The molecule has 0 N–H and O–H groups in total. The van der Waals surface area contributed by atoms with Gasteiger partial charge in [0.2, 0.25) is 0 Å². The molecular formula is C30H31ClN2O3. The van der Waals surface area contributed by atoms with Crippen molar-refractivity contribution in [3.63, 3.8) is 0 Å². The van der Waals surface area contributed by atoms with Crippen LogP contribution in [0.5, 0.6) is 5.75 Å². The standard InChI is InChI=1S/C30H31ClN2O3/c1-22-19-23(3-10-28-11-7-26(21-32-28)25-5-8-27(31)9-6-25)4-12-29(22)36-18-17-33-15-13-24(14-16-33)20-30(34)35-2/h4-9,11-12,19,21,24H,13-18,20H2,1-2H3. The molecule has 6 heteroatoms. The Labute approximate surface area is 218 Å². The zero-order chi connectivity index (χ0) is 25.3. The summed E-state index contributed by atoms with van der Waals surface area (Å²) < 4.78 is 10.8. The molecule has 3 aromatic rings. The van der Waals surface area contributed by atoms with Crippen molar-refractivity contribution in [1.29, 1.82) is 0 Å². The predicted molar refractivity (Wildman–Crippen MR) is 143 cm³/mol. The Bertz CT molecular complexity index is 1220. The number of hydrogen-bond acceptors (Lipinski definition) is 5. The Morgan fingerprint density at radius 3 is 2.47 bits per heavy atom. The largest absolute Gasteiger partial charge is 0.492 e. The molecule has 0 atom stereocenters. The second-order valence-electron chi connectivity index (χ2n) is 9.08. The van der Waals surface area contributed by atoms with Gasteiger partial charge in [0.1, 0.15) is 18.1 Å². The molecule has 186 valence electrons. The minimum atomic E-state index is -0.108. The summed E-state index contributed by atoms with van der Waals surface area (Å²) in [7, 11) is 1.45. The van der Waals surface area contributed by atoms with Gasteiger partial charge in [-0.1, -0.05) is 35.7 Å². The van der Waals surface area contributed by atoms with Crippen LogP contribution in [0.2, 0.25) is 5.02 Å². The molecule has 2 aromatic carbocycles. The Morgan fingerprint density at radius 1 is 1.06 bits per heavy atom. The number of esters is 1. The summed E-state index contributed by atoms with van der Waals surface area (Å²) in [5.74, 6) is 7.55. The SMILES string of the molecule is COC(=O)CC1CCN(CCOc2ccc(C#Cc3ccc(-c4ccc(Cl)cc4)cn3)cc2C)CC1. The topological polar surface area (TPSA) is 51.7 Å². The fraction of sp³-hybridized carbons (Fsp3) is 0.333. The summed E-state index contributed by atoms with van der Waals surface area (Å²) >= 11 is 5.97. The lowest BCUT2D eigenvalue weighted by molar-refractivity contribution is -0.142. The summed E-state index contributed by atoms with van der Waals surface area (Å²) in [5, 5.41) is 0.717. The number of halogens is 1. The van der Waals surface area contributed by atoms with E-state index >= 15 is 0 Å². The third-order valence-electron chi connectivity index (χ3n) is 6.51. The van der Waals surface area contributed by atoms with Gasteiger partial charge < -0.3 is 9.47 Å². The van der Waals surface area contributed by atoms with Crippen molar-refractivity contribution in [2.45, 2.75) is 26.2 Å². The lowest BCUT2D eigenvalue weighted by atomic mass is 9.94. The maximum absolute atomic E-state index is 11.5. The van der Waals surface area contributed by atoms with Gasteiger partial charge in [-0.2, -0.15) is 0 Å². The lowest BCUT2D eigenvalue weighted by Gasteiger charge is -2.31. The number of pyridine rings is 1. The summed E-state index contributed by atoms with van der Waals surface area (Å²) in [4.78, 5) is 18.3. The molecule has 36 heavy (non-hydrogen) atoms. The van der Waals surface area contributed by atoms with Crippen LogP contribution in [0.4, 0.5) is 0 Å². The number of piperidine rings is 1. The number of aromatic nitrogens is 1. The highest BCUT2D eigenvalue weighted by Crippen LogP contribution is 2.23. The molecule has 1 aliphatic heterocycles. The van der Waals surface area contributed by atoms with Crippen molar-refractivity contribution in [3.05, 3.63) is 82.6 Å². The van der Waals surface area contributed by atoms with Gasteiger partial charge in [0.15, 0.2) is 0 Å². The molecule has 0 radical (unpaired) electrons. The normalized spacial score (nSPS) is 14.1. The number of methoxy groups -OCH3 is 1. The van der Waals surface area contributed by atoms with E-state index in [0.29, 0.717) is 18.9 Å². The molecule has 4 rings (SSSR count). The summed E-state index contributed by atoms with van der Waals surface area (Å²) in [6.07, 6.45) is 4.41. The minimum absolute atomic E-state index is 0.108. The number of likely N-dealkylation sites (tertiary alicyclic amines) is 1. The van der Waals surface area contributed by atoms with E-state index in [-0.39, 0.29) is 5.97 Å². The van der Waals surface area contributed by atoms with Gasteiger partial charge in [0.05, 0.1) is 7.11 Å². The second kappa shape index (κ2) is 12.6. The number of carbonyl (C=O) groups excluding carboxylic acids is 1. The Balaban J connectivity index is 1.25. The van der Waals surface area contributed by atoms with Gasteiger partial charge >= 0.3 is 5.97 Å². The van der Waals surface area contributed by atoms with Crippen LogP contribution in [-0.4, -0.2) is 49.2 Å². The van der Waals surface area contributed by atoms with E-state index in [1.807, 2.05) is 67.7 Å². The van der Waals surface area contributed by atoms with Crippen molar-refractivity contribution >= 4 is 17.6 Å². The molecule has 1 aliphatic rings. The third-order valence-corrected chi connectivity index (χ3v) is 6.76. The average molecular weight is 503 g/mol. The average Bonchev–Trinajstić information content (AvgIpc) is 2.90. The number of carbonyl (C=O) groups is 1. The summed E-state index contributed by atoms with van der Waals surface area (Å²) in [5.41, 5.74) is 4.81. The molecule has 2 heterocycles. The maximum Gasteiger partial charge on any atom is 0.305 e. The fourth-order valence-electron chi connectivity index (χ4n) is 4.32. The van der Waals surface area contributed by atoms with Gasteiger partial charge in [-0.3, -0.25) is 9.69 Å². The van der Waals surface area contributed by atoms with Crippen molar-refractivity contribution < 1.29 is 14.3 Å². The number of rotatable bonds is 7. The predicted octanol–water partition coefficient (Wildman–Crippen LogP) is 5.76. The number of aryl methyl sites for hydroxylation is 1. The van der Waals surface area contributed by atoms with Gasteiger partial charge in [-0.15, -0.1) is 0 Å². The second-order valence-corrected chi connectivity index (χ2v) is 9.52. The Morgan fingerprint density at radius 2 is 1.81 bits per heavy atom. The van der Waals surface area contributed by atoms with Crippen LogP contribution in [-0.2, 0) is 9.53 Å². The van der Waals surface area contributed by atoms with Crippen LogP contribution in [0.25, 0.3) is 11.1 Å². The maximum atomic E-state index is 11.5. The van der Waals surface area contributed by atoms with Crippen molar-refractivity contribution in [2.75, 3.05) is 33.4 Å². The minimum Gasteiger partial charge on any atom is -0.492 e. The molecule has 0 unspecified atom stereocenters. The molecule has 5 nitrogen and oxygen atoms in total. The monoisotopic (exact) mass is 502 g/mol. The molecule has 1 aromatic heterocycles. The number of benzene rings is 2. The third kappa shape index (κ3) is 7.34. The molecule has 1 saturated heterocycles. The lowest BCUT2D eigenvalue weighted by Crippen LogP contribution is -2.37. The van der Waals surface area contributed by atoms with E-state index in [4.69, 9.17) is 21.1 Å². The highest BCUT2D eigenvalue weighted by Gasteiger charge is 2.21. The van der Waals surface area contributed by atoms with Crippen LogP contribution in [0, 0.1) is 24.7 Å². The fourth-order valence-corrected chi connectivity index (χ4v) is 4.45. The van der Waals surface area contributed by atoms with Crippen LogP contribution in [0.15, 0.2) is 60.8 Å². The van der Waals surface area contributed by atoms with E-state index in [1.165, 1.54) is 7.11 Å². The van der Waals surface area contributed by atoms with E-state index in [9.17, 15) is 4.79 Å². The molecule has 1 fully saturated rings. The molecule has 0 amide bonds. The molecule has 0 aliphatic carbocycles. The molecule has 0 bridgehead atoms. The molecular weight excluding hydrogens is 472 g/mol. The van der Waals surface area contributed by atoms with Gasteiger partial charge in [0.25, 0.3) is 0 Å². The van der Waals surface area contributed by atoms with Crippen molar-refractivity contribution in [1.82, 2.24) is 9.88 Å². The van der Waals surface area contributed by atoms with Crippen LogP contribution >= 0.6 is 11.6 Å². The first kappa shape index (κ1) is 25.8. The van der Waals surface area contributed by atoms with Gasteiger partial charge in [-0.25, -0.2) is 4.98 Å².